The first-order valence-corrected chi connectivity index (χ1v) is 9.56. The van der Waals surface area contributed by atoms with Gasteiger partial charge in [0.2, 0.25) is 0 Å². The molecule has 6 heteroatoms. The second kappa shape index (κ2) is 8.07. The van der Waals surface area contributed by atoms with Crippen molar-refractivity contribution in [3.63, 3.8) is 0 Å². The van der Waals surface area contributed by atoms with Gasteiger partial charge in [-0.2, -0.15) is 0 Å². The highest BCUT2D eigenvalue weighted by Crippen LogP contribution is 2.37. The third kappa shape index (κ3) is 3.88. The van der Waals surface area contributed by atoms with Crippen LogP contribution in [0.4, 0.5) is 4.39 Å². The van der Waals surface area contributed by atoms with Crippen LogP contribution in [0.25, 0.3) is 5.57 Å². The van der Waals surface area contributed by atoms with Crippen molar-refractivity contribution in [3.05, 3.63) is 71.7 Å². The summed E-state index contributed by atoms with van der Waals surface area (Å²) in [6.45, 7) is 0. The average molecular weight is 396 g/mol. The van der Waals surface area contributed by atoms with Gasteiger partial charge in [0.25, 0.3) is 0 Å². The highest BCUT2D eigenvalue weighted by atomic mass is 19.1. The van der Waals surface area contributed by atoms with Crippen LogP contribution in [0.2, 0.25) is 0 Å². The molecule has 150 valence electrons. The number of halogens is 1. The van der Waals surface area contributed by atoms with Crippen molar-refractivity contribution in [1.82, 2.24) is 0 Å². The number of fused-ring (bicyclic) bond motifs is 1. The molecule has 2 aromatic rings. The van der Waals surface area contributed by atoms with Crippen molar-refractivity contribution in [2.75, 3.05) is 7.11 Å². The Morgan fingerprint density at radius 1 is 1.10 bits per heavy atom. The second-order valence-electron chi connectivity index (χ2n) is 7.23. The number of ether oxygens (including phenoxy) is 3. The van der Waals surface area contributed by atoms with Gasteiger partial charge in [0.05, 0.1) is 30.4 Å². The predicted octanol–water partition coefficient (Wildman–Crippen LogP) is 4.17. The normalized spacial score (nSPS) is 23.4. The standard InChI is InChI=1S/C23H21FO5/c1-27-15-8-6-14(7-9-15)19-13-28-21-12-16(10-11-18(21)22(19)25)29-23(26)17-4-2-3-5-20(17)24/h2-9,13,16,18,21H,10-12H2,1H3. The number of allylic oxidation sites excluding steroid dienone is 1. The summed E-state index contributed by atoms with van der Waals surface area (Å²) in [6, 6.07) is 13.0. The molecule has 0 aromatic heterocycles. The number of benzene rings is 2. The van der Waals surface area contributed by atoms with Gasteiger partial charge in [-0.15, -0.1) is 0 Å². The molecule has 1 heterocycles. The van der Waals surface area contributed by atoms with Gasteiger partial charge in [-0.1, -0.05) is 24.3 Å². The lowest BCUT2D eigenvalue weighted by Gasteiger charge is -2.37. The quantitative estimate of drug-likeness (QED) is 0.726. The Morgan fingerprint density at radius 3 is 2.59 bits per heavy atom. The molecule has 0 spiro atoms. The van der Waals surface area contributed by atoms with Gasteiger partial charge >= 0.3 is 5.97 Å². The van der Waals surface area contributed by atoms with Crippen molar-refractivity contribution in [2.24, 2.45) is 5.92 Å². The maximum atomic E-state index is 13.8. The monoisotopic (exact) mass is 396 g/mol. The topological polar surface area (TPSA) is 61.8 Å². The van der Waals surface area contributed by atoms with Gasteiger partial charge < -0.3 is 14.2 Å². The van der Waals surface area contributed by atoms with Crippen LogP contribution in [0, 0.1) is 11.7 Å². The average Bonchev–Trinajstić information content (AvgIpc) is 2.74. The number of hydrogen-bond donors (Lipinski definition) is 0. The third-order valence-corrected chi connectivity index (χ3v) is 5.48. The van der Waals surface area contributed by atoms with E-state index in [9.17, 15) is 14.0 Å². The number of esters is 1. The van der Waals surface area contributed by atoms with Crippen LogP contribution < -0.4 is 4.74 Å². The molecule has 2 aromatic carbocycles. The molecule has 29 heavy (non-hydrogen) atoms. The molecular weight excluding hydrogens is 375 g/mol. The van der Waals surface area contributed by atoms with E-state index < -0.39 is 17.9 Å². The van der Waals surface area contributed by atoms with E-state index >= 15 is 0 Å². The van der Waals surface area contributed by atoms with Crippen LogP contribution in [0.5, 0.6) is 5.75 Å². The fraction of sp³-hybridized carbons (Fsp3) is 0.304. The number of ketones is 1. The second-order valence-corrected chi connectivity index (χ2v) is 7.23. The van der Waals surface area contributed by atoms with Crippen LogP contribution in [0.1, 0.15) is 35.2 Å². The summed E-state index contributed by atoms with van der Waals surface area (Å²) < 4.78 is 30.2. The highest BCUT2D eigenvalue weighted by molar-refractivity contribution is 6.22. The van der Waals surface area contributed by atoms with Crippen LogP contribution in [0.15, 0.2) is 54.8 Å². The molecule has 2 aliphatic rings. The van der Waals surface area contributed by atoms with Crippen LogP contribution >= 0.6 is 0 Å². The molecule has 4 rings (SSSR count). The first kappa shape index (κ1) is 19.2. The number of carbonyl (C=O) groups is 2. The molecule has 1 fully saturated rings. The molecular formula is C23H21FO5. The Labute approximate surface area is 168 Å². The Hall–Kier alpha value is -3.15. The van der Waals surface area contributed by atoms with Gasteiger partial charge in [-0.25, -0.2) is 9.18 Å². The SMILES string of the molecule is COc1ccc(C2=COC3CC(OC(=O)c4ccccc4F)CCC3C2=O)cc1. The van der Waals surface area contributed by atoms with Gasteiger partial charge in [0, 0.05) is 6.42 Å². The zero-order valence-electron chi connectivity index (χ0n) is 16.0. The van der Waals surface area contributed by atoms with Crippen LogP contribution in [-0.4, -0.2) is 31.1 Å². The van der Waals surface area contributed by atoms with Crippen molar-refractivity contribution in [2.45, 2.75) is 31.5 Å². The molecule has 3 unspecified atom stereocenters. The van der Waals surface area contributed by atoms with Gasteiger partial charge in [0.15, 0.2) is 5.78 Å². The minimum absolute atomic E-state index is 0.0327. The Bertz CT molecular complexity index is 950. The highest BCUT2D eigenvalue weighted by Gasteiger charge is 2.41. The summed E-state index contributed by atoms with van der Waals surface area (Å²) in [5.41, 5.74) is 1.23. The smallest absolute Gasteiger partial charge is 0.341 e. The molecule has 0 bridgehead atoms. The van der Waals surface area contributed by atoms with E-state index in [0.29, 0.717) is 30.6 Å². The van der Waals surface area contributed by atoms with E-state index in [2.05, 4.69) is 0 Å². The molecule has 1 saturated carbocycles. The fourth-order valence-electron chi connectivity index (χ4n) is 3.89. The first-order chi connectivity index (χ1) is 14.1. The zero-order valence-corrected chi connectivity index (χ0v) is 16.0. The number of carbonyl (C=O) groups excluding carboxylic acids is 2. The van der Waals surface area contributed by atoms with Crippen molar-refractivity contribution < 1.29 is 28.2 Å². The summed E-state index contributed by atoms with van der Waals surface area (Å²) in [5, 5.41) is 0. The lowest BCUT2D eigenvalue weighted by Crippen LogP contribution is -2.42. The molecule has 0 N–H and O–H groups in total. The first-order valence-electron chi connectivity index (χ1n) is 9.56. The lowest BCUT2D eigenvalue weighted by molar-refractivity contribution is -0.126. The van der Waals surface area contributed by atoms with E-state index in [0.717, 1.165) is 5.56 Å². The Kier molecular flexibility index (Phi) is 5.34. The summed E-state index contributed by atoms with van der Waals surface area (Å²) >= 11 is 0. The van der Waals surface area contributed by atoms with E-state index in [4.69, 9.17) is 14.2 Å². The summed E-state index contributed by atoms with van der Waals surface area (Å²) in [6.07, 6.45) is 2.22. The maximum Gasteiger partial charge on any atom is 0.341 e. The lowest BCUT2D eigenvalue weighted by atomic mass is 9.78. The number of hydrogen-bond acceptors (Lipinski definition) is 5. The summed E-state index contributed by atoms with van der Waals surface area (Å²) in [5.74, 6) is -0.829. The fourth-order valence-corrected chi connectivity index (χ4v) is 3.89. The van der Waals surface area contributed by atoms with Crippen molar-refractivity contribution in [1.29, 1.82) is 0 Å². The molecule has 0 radical (unpaired) electrons. The molecule has 1 aliphatic heterocycles. The Balaban J connectivity index is 1.43. The van der Waals surface area contributed by atoms with Crippen LogP contribution in [0.3, 0.4) is 0 Å². The Morgan fingerprint density at radius 2 is 1.86 bits per heavy atom. The summed E-state index contributed by atoms with van der Waals surface area (Å²) in [4.78, 5) is 25.2. The minimum atomic E-state index is -0.692. The predicted molar refractivity (Wildman–Crippen MR) is 104 cm³/mol. The summed E-state index contributed by atoms with van der Waals surface area (Å²) in [7, 11) is 1.59. The number of rotatable bonds is 4. The molecule has 5 nitrogen and oxygen atoms in total. The van der Waals surface area contributed by atoms with Gasteiger partial charge in [-0.05, 0) is 42.7 Å². The van der Waals surface area contributed by atoms with Crippen molar-refractivity contribution in [3.8, 4) is 5.75 Å². The molecule has 1 aliphatic carbocycles. The molecule has 3 atom stereocenters. The molecule has 0 amide bonds. The van der Waals surface area contributed by atoms with Crippen LogP contribution in [-0.2, 0) is 14.3 Å². The van der Waals surface area contributed by atoms with Crippen molar-refractivity contribution >= 4 is 17.3 Å². The van der Waals surface area contributed by atoms with E-state index in [1.807, 2.05) is 12.1 Å². The zero-order chi connectivity index (χ0) is 20.4. The van der Waals surface area contributed by atoms with Gasteiger partial charge in [0.1, 0.15) is 23.8 Å². The largest absolute Gasteiger partial charge is 0.497 e. The van der Waals surface area contributed by atoms with E-state index in [1.54, 1.807) is 25.3 Å². The molecule has 0 saturated heterocycles. The van der Waals surface area contributed by atoms with E-state index in [-0.39, 0.29) is 23.4 Å². The van der Waals surface area contributed by atoms with Gasteiger partial charge in [-0.3, -0.25) is 4.79 Å². The number of Topliss-reactive ketones (excluding diaryl/α,β-unsaturated/α-hetero) is 1. The van der Waals surface area contributed by atoms with E-state index in [1.165, 1.54) is 24.5 Å². The third-order valence-electron chi connectivity index (χ3n) is 5.48. The maximum absolute atomic E-state index is 13.8. The number of methoxy groups -OCH3 is 1. The minimum Gasteiger partial charge on any atom is -0.497 e.